The van der Waals surface area contributed by atoms with Crippen LogP contribution in [0.15, 0.2) is 53.4 Å². The maximum Gasteiger partial charge on any atom is 0.240 e. The molecular formula is C22H30N2O3S. The Morgan fingerprint density at radius 2 is 1.64 bits per heavy atom. The lowest BCUT2D eigenvalue weighted by atomic mass is 10.0. The van der Waals surface area contributed by atoms with E-state index in [4.69, 9.17) is 4.74 Å². The van der Waals surface area contributed by atoms with Crippen LogP contribution in [0.1, 0.15) is 37.3 Å². The Labute approximate surface area is 168 Å². The third kappa shape index (κ3) is 5.56. The number of aryl methyl sites for hydroxylation is 1. The molecule has 5 nitrogen and oxygen atoms in total. The molecule has 0 spiro atoms. The first-order chi connectivity index (χ1) is 13.5. The van der Waals surface area contributed by atoms with Crippen LogP contribution in [-0.2, 0) is 21.2 Å². The summed E-state index contributed by atoms with van der Waals surface area (Å²) in [6.07, 6.45) is 1.61. The Balaban J connectivity index is 1.46. The van der Waals surface area contributed by atoms with E-state index in [2.05, 4.69) is 47.7 Å². The minimum absolute atomic E-state index is 0.326. The van der Waals surface area contributed by atoms with Crippen molar-refractivity contribution in [2.75, 3.05) is 37.7 Å². The smallest absolute Gasteiger partial charge is 0.240 e. The summed E-state index contributed by atoms with van der Waals surface area (Å²) in [5.74, 6) is 0.388. The Kier molecular flexibility index (Phi) is 7.10. The van der Waals surface area contributed by atoms with Crippen LogP contribution in [0.3, 0.4) is 0 Å². The fourth-order valence-electron chi connectivity index (χ4n) is 3.31. The predicted octanol–water partition coefficient (Wildman–Crippen LogP) is 3.56. The highest BCUT2D eigenvalue weighted by atomic mass is 32.2. The third-order valence-corrected chi connectivity index (χ3v) is 6.58. The fourth-order valence-corrected chi connectivity index (χ4v) is 4.38. The number of hydrogen-bond acceptors (Lipinski definition) is 4. The van der Waals surface area contributed by atoms with Gasteiger partial charge in [0, 0.05) is 25.3 Å². The monoisotopic (exact) mass is 402 g/mol. The van der Waals surface area contributed by atoms with E-state index in [1.54, 1.807) is 12.1 Å². The van der Waals surface area contributed by atoms with Crippen molar-refractivity contribution in [1.29, 1.82) is 0 Å². The van der Waals surface area contributed by atoms with Gasteiger partial charge in [-0.15, -0.1) is 0 Å². The molecular weight excluding hydrogens is 372 g/mol. The summed E-state index contributed by atoms with van der Waals surface area (Å²) in [5.41, 5.74) is 3.58. The maximum atomic E-state index is 12.4. The molecule has 0 radical (unpaired) electrons. The molecule has 2 aromatic rings. The molecule has 1 fully saturated rings. The van der Waals surface area contributed by atoms with E-state index < -0.39 is 10.0 Å². The highest BCUT2D eigenvalue weighted by Crippen LogP contribution is 2.18. The number of morpholine rings is 1. The van der Waals surface area contributed by atoms with E-state index in [0.717, 1.165) is 44.7 Å². The van der Waals surface area contributed by atoms with Gasteiger partial charge in [-0.2, -0.15) is 0 Å². The van der Waals surface area contributed by atoms with Crippen LogP contribution in [0.2, 0.25) is 0 Å². The maximum absolute atomic E-state index is 12.4. The average Bonchev–Trinajstić information content (AvgIpc) is 2.72. The van der Waals surface area contributed by atoms with Crippen LogP contribution in [0.25, 0.3) is 0 Å². The Hall–Kier alpha value is -1.89. The largest absolute Gasteiger partial charge is 0.378 e. The summed E-state index contributed by atoms with van der Waals surface area (Å²) < 4.78 is 32.9. The molecule has 0 aromatic heterocycles. The van der Waals surface area contributed by atoms with Crippen molar-refractivity contribution in [1.82, 2.24) is 4.72 Å². The van der Waals surface area contributed by atoms with E-state index in [0.29, 0.717) is 17.4 Å². The van der Waals surface area contributed by atoms with E-state index in [9.17, 15) is 8.42 Å². The number of rotatable bonds is 8. The first kappa shape index (κ1) is 20.8. The predicted molar refractivity (Wildman–Crippen MR) is 114 cm³/mol. The van der Waals surface area contributed by atoms with Crippen LogP contribution in [0, 0.1) is 0 Å². The Morgan fingerprint density at radius 1 is 1.00 bits per heavy atom. The van der Waals surface area contributed by atoms with Crippen LogP contribution < -0.4 is 9.62 Å². The van der Waals surface area contributed by atoms with Gasteiger partial charge in [-0.1, -0.05) is 38.1 Å². The molecule has 0 saturated carbocycles. The minimum Gasteiger partial charge on any atom is -0.378 e. The Morgan fingerprint density at radius 3 is 2.25 bits per heavy atom. The number of anilines is 1. The van der Waals surface area contributed by atoms with Gasteiger partial charge < -0.3 is 9.64 Å². The molecule has 1 aliphatic heterocycles. The molecule has 0 unspecified atom stereocenters. The molecule has 1 N–H and O–H groups in total. The molecule has 152 valence electrons. The van der Waals surface area contributed by atoms with Crippen LogP contribution in [0.5, 0.6) is 0 Å². The minimum atomic E-state index is -3.45. The number of nitrogens with zero attached hydrogens (tertiary/aromatic N) is 1. The third-order valence-electron chi connectivity index (χ3n) is 5.10. The fraction of sp³-hybridized carbons (Fsp3) is 0.455. The Bertz CT molecular complexity index is 840. The van der Waals surface area contributed by atoms with Gasteiger partial charge in [-0.25, -0.2) is 13.1 Å². The summed E-state index contributed by atoms with van der Waals surface area (Å²) in [5, 5.41) is 0. The van der Waals surface area contributed by atoms with Crippen molar-refractivity contribution in [2.45, 2.75) is 37.5 Å². The van der Waals surface area contributed by atoms with Crippen LogP contribution in [0.4, 0.5) is 5.69 Å². The van der Waals surface area contributed by atoms with E-state index in [-0.39, 0.29) is 0 Å². The molecule has 1 saturated heterocycles. The lowest BCUT2D eigenvalue weighted by molar-refractivity contribution is 0.122. The van der Waals surface area contributed by atoms with Crippen molar-refractivity contribution in [3.8, 4) is 0 Å². The molecule has 0 aliphatic carbocycles. The average molecular weight is 403 g/mol. The standard InChI is InChI=1S/C22H30N2O3S/c1-18(2)20-7-11-22(12-8-20)28(25,26)23-13-3-4-19-5-9-21(10-6-19)24-14-16-27-17-15-24/h5-12,18,23H,3-4,13-17H2,1-2H3. The van der Waals surface area contributed by atoms with E-state index in [1.165, 1.54) is 11.3 Å². The van der Waals surface area contributed by atoms with Gasteiger partial charge in [0.1, 0.15) is 0 Å². The van der Waals surface area contributed by atoms with Gasteiger partial charge in [-0.3, -0.25) is 0 Å². The van der Waals surface area contributed by atoms with Crippen molar-refractivity contribution < 1.29 is 13.2 Å². The van der Waals surface area contributed by atoms with Crippen molar-refractivity contribution in [2.24, 2.45) is 0 Å². The zero-order valence-electron chi connectivity index (χ0n) is 16.7. The van der Waals surface area contributed by atoms with Gasteiger partial charge in [0.15, 0.2) is 0 Å². The number of ether oxygens (including phenoxy) is 1. The van der Waals surface area contributed by atoms with Crippen LogP contribution >= 0.6 is 0 Å². The second-order valence-corrected chi connectivity index (χ2v) is 9.26. The second-order valence-electron chi connectivity index (χ2n) is 7.49. The second kappa shape index (κ2) is 9.54. The topological polar surface area (TPSA) is 58.6 Å². The zero-order chi connectivity index (χ0) is 20.0. The van der Waals surface area contributed by atoms with Crippen LogP contribution in [-0.4, -0.2) is 41.3 Å². The first-order valence-electron chi connectivity index (χ1n) is 9.97. The summed E-state index contributed by atoms with van der Waals surface area (Å²) in [4.78, 5) is 2.65. The molecule has 0 amide bonds. The molecule has 1 heterocycles. The highest BCUT2D eigenvalue weighted by Gasteiger charge is 2.14. The SMILES string of the molecule is CC(C)c1ccc(S(=O)(=O)NCCCc2ccc(N3CCOCC3)cc2)cc1. The quantitative estimate of drug-likeness (QED) is 0.686. The molecule has 2 aromatic carbocycles. The van der Waals surface area contributed by atoms with Gasteiger partial charge in [-0.05, 0) is 54.2 Å². The lowest BCUT2D eigenvalue weighted by Gasteiger charge is -2.28. The summed E-state index contributed by atoms with van der Waals surface area (Å²) in [6, 6.07) is 15.7. The normalized spacial score (nSPS) is 15.2. The van der Waals surface area contributed by atoms with Crippen molar-refractivity contribution in [3.63, 3.8) is 0 Å². The molecule has 1 aliphatic rings. The van der Waals surface area contributed by atoms with Crippen molar-refractivity contribution >= 4 is 15.7 Å². The first-order valence-corrected chi connectivity index (χ1v) is 11.5. The van der Waals surface area contributed by atoms with E-state index >= 15 is 0 Å². The number of nitrogens with one attached hydrogen (secondary N) is 1. The van der Waals surface area contributed by atoms with Crippen molar-refractivity contribution in [3.05, 3.63) is 59.7 Å². The van der Waals surface area contributed by atoms with Gasteiger partial charge >= 0.3 is 0 Å². The molecule has 0 atom stereocenters. The van der Waals surface area contributed by atoms with Gasteiger partial charge in [0.2, 0.25) is 10.0 Å². The van der Waals surface area contributed by atoms with Gasteiger partial charge in [0.05, 0.1) is 18.1 Å². The summed E-state index contributed by atoms with van der Waals surface area (Å²) in [7, 11) is -3.45. The molecule has 0 bridgehead atoms. The number of hydrogen-bond donors (Lipinski definition) is 1. The molecule has 3 rings (SSSR count). The molecule has 6 heteroatoms. The summed E-state index contributed by atoms with van der Waals surface area (Å²) >= 11 is 0. The number of sulfonamides is 1. The summed E-state index contributed by atoms with van der Waals surface area (Å²) in [6.45, 7) is 8.03. The highest BCUT2D eigenvalue weighted by molar-refractivity contribution is 7.89. The zero-order valence-corrected chi connectivity index (χ0v) is 17.5. The number of benzene rings is 2. The lowest BCUT2D eigenvalue weighted by Crippen LogP contribution is -2.36. The van der Waals surface area contributed by atoms with Gasteiger partial charge in [0.25, 0.3) is 0 Å². The van der Waals surface area contributed by atoms with E-state index in [1.807, 2.05) is 12.1 Å². The molecule has 28 heavy (non-hydrogen) atoms.